The maximum Gasteiger partial charge on any atom is 0.343 e. The number of carbonyl (C=O) groups excluding carboxylic acids is 1. The lowest BCUT2D eigenvalue weighted by Crippen LogP contribution is -2.43. The minimum atomic E-state index is -0.382. The Balaban J connectivity index is 2.13. The highest BCUT2D eigenvalue weighted by molar-refractivity contribution is 5.91. The molecule has 1 aromatic heterocycles. The average molecular weight is 278 g/mol. The molecule has 0 radical (unpaired) electrons. The monoisotopic (exact) mass is 278 g/mol. The number of aromatic nitrogens is 1. The lowest BCUT2D eigenvalue weighted by Gasteiger charge is -2.31. The van der Waals surface area contributed by atoms with Gasteiger partial charge in [0.25, 0.3) is 0 Å². The molecule has 2 rings (SSSR count). The number of carbonyl (C=O) groups is 1. The molecule has 110 valence electrons. The summed E-state index contributed by atoms with van der Waals surface area (Å²) in [5.74, 6) is -0.00878. The van der Waals surface area contributed by atoms with Crippen molar-refractivity contribution in [2.75, 3.05) is 13.7 Å². The highest BCUT2D eigenvalue weighted by atomic mass is 16.5. The maximum atomic E-state index is 11.9. The first-order valence-corrected chi connectivity index (χ1v) is 7.22. The third-order valence-electron chi connectivity index (χ3n) is 3.60. The third kappa shape index (κ3) is 3.48. The van der Waals surface area contributed by atoms with Crippen LogP contribution in [0.1, 0.15) is 43.0 Å². The van der Waals surface area contributed by atoms with E-state index >= 15 is 0 Å². The van der Waals surface area contributed by atoms with E-state index < -0.39 is 0 Å². The van der Waals surface area contributed by atoms with Crippen LogP contribution in [0, 0.1) is 0 Å². The average Bonchev–Trinajstić information content (AvgIpc) is 2.48. The van der Waals surface area contributed by atoms with Gasteiger partial charge in [0.15, 0.2) is 0 Å². The number of hydrogen-bond acceptors (Lipinski definition) is 5. The van der Waals surface area contributed by atoms with E-state index in [1.165, 1.54) is 6.42 Å². The summed E-state index contributed by atoms with van der Waals surface area (Å²) in [4.78, 5) is 16.1. The molecular formula is C15H22N2O3. The predicted octanol–water partition coefficient (Wildman–Crippen LogP) is 2.17. The van der Waals surface area contributed by atoms with Crippen molar-refractivity contribution in [2.45, 2.75) is 44.8 Å². The van der Waals surface area contributed by atoms with Crippen LogP contribution >= 0.6 is 0 Å². The minimum absolute atomic E-state index is 0.0526. The van der Waals surface area contributed by atoms with Gasteiger partial charge in [0.2, 0.25) is 5.88 Å². The van der Waals surface area contributed by atoms with E-state index in [2.05, 4.69) is 10.3 Å². The van der Waals surface area contributed by atoms with Gasteiger partial charge in [-0.05, 0) is 45.4 Å². The van der Waals surface area contributed by atoms with Gasteiger partial charge in [-0.15, -0.1) is 0 Å². The van der Waals surface area contributed by atoms with Gasteiger partial charge < -0.3 is 14.8 Å². The van der Waals surface area contributed by atoms with E-state index in [0.29, 0.717) is 24.1 Å². The maximum absolute atomic E-state index is 11.9. The van der Waals surface area contributed by atoms with E-state index in [4.69, 9.17) is 9.47 Å². The van der Waals surface area contributed by atoms with Crippen molar-refractivity contribution >= 4 is 5.97 Å². The van der Waals surface area contributed by atoms with Gasteiger partial charge >= 0.3 is 5.97 Å². The molecule has 1 aromatic rings. The molecule has 0 saturated heterocycles. The van der Waals surface area contributed by atoms with Crippen molar-refractivity contribution in [3.05, 3.63) is 23.9 Å². The highest BCUT2D eigenvalue weighted by Gasteiger charge is 2.27. The molecule has 5 heteroatoms. The fourth-order valence-corrected chi connectivity index (χ4v) is 2.56. The number of hydrogen-bond donors (Lipinski definition) is 1. The molecule has 1 fully saturated rings. The van der Waals surface area contributed by atoms with Crippen LogP contribution in [0.4, 0.5) is 0 Å². The van der Waals surface area contributed by atoms with Crippen LogP contribution in [0.15, 0.2) is 18.3 Å². The molecule has 2 atom stereocenters. The predicted molar refractivity (Wildman–Crippen MR) is 75.9 cm³/mol. The van der Waals surface area contributed by atoms with E-state index in [-0.39, 0.29) is 12.1 Å². The molecule has 1 aliphatic carbocycles. The lowest BCUT2D eigenvalue weighted by atomic mass is 9.92. The second-order valence-electron chi connectivity index (χ2n) is 4.91. The molecule has 0 amide bonds. The molecule has 1 N–H and O–H groups in total. The summed E-state index contributed by atoms with van der Waals surface area (Å²) in [6.07, 6.45) is 6.10. The number of esters is 1. The first-order chi connectivity index (χ1) is 9.76. The van der Waals surface area contributed by atoms with Crippen molar-refractivity contribution in [1.29, 1.82) is 0 Å². The van der Waals surface area contributed by atoms with Gasteiger partial charge in [-0.1, -0.05) is 6.42 Å². The standard InChI is InChI=1S/C15H22N2O3/c1-3-19-15(18)11-7-6-10-17-14(11)20-13-9-5-4-8-12(13)16-2/h6-7,10,12-13,16H,3-5,8-9H2,1-2H3. The van der Waals surface area contributed by atoms with Crippen molar-refractivity contribution in [1.82, 2.24) is 10.3 Å². The molecule has 1 aliphatic rings. The molecule has 20 heavy (non-hydrogen) atoms. The number of pyridine rings is 1. The van der Waals surface area contributed by atoms with Crippen LogP contribution in [-0.2, 0) is 4.74 Å². The smallest absolute Gasteiger partial charge is 0.343 e. The first kappa shape index (κ1) is 14.8. The fraction of sp³-hybridized carbons (Fsp3) is 0.600. The van der Waals surface area contributed by atoms with Gasteiger partial charge in [-0.25, -0.2) is 9.78 Å². The molecule has 0 aromatic carbocycles. The topological polar surface area (TPSA) is 60.5 Å². The summed E-state index contributed by atoms with van der Waals surface area (Å²) in [6.45, 7) is 2.13. The normalized spacial score (nSPS) is 22.3. The Kier molecular flexibility index (Phi) is 5.35. The van der Waals surface area contributed by atoms with Crippen molar-refractivity contribution < 1.29 is 14.3 Å². The van der Waals surface area contributed by atoms with Gasteiger partial charge in [-0.3, -0.25) is 0 Å². The molecule has 0 spiro atoms. The van der Waals surface area contributed by atoms with Crippen LogP contribution in [0.2, 0.25) is 0 Å². The number of rotatable bonds is 5. The van der Waals surface area contributed by atoms with E-state index in [0.717, 1.165) is 19.3 Å². The SMILES string of the molecule is CCOC(=O)c1cccnc1OC1CCCCC1NC. The Hall–Kier alpha value is -1.62. The largest absolute Gasteiger partial charge is 0.472 e. The Morgan fingerprint density at radius 2 is 2.25 bits per heavy atom. The summed E-state index contributed by atoms with van der Waals surface area (Å²) in [6, 6.07) is 3.72. The molecular weight excluding hydrogens is 256 g/mol. The number of ether oxygens (including phenoxy) is 2. The van der Waals surface area contributed by atoms with Gasteiger partial charge in [0, 0.05) is 12.2 Å². The molecule has 1 saturated carbocycles. The van der Waals surface area contributed by atoms with Gasteiger partial charge in [-0.2, -0.15) is 0 Å². The van der Waals surface area contributed by atoms with Crippen molar-refractivity contribution in [2.24, 2.45) is 0 Å². The van der Waals surface area contributed by atoms with Crippen LogP contribution in [0.3, 0.4) is 0 Å². The molecule has 0 bridgehead atoms. The van der Waals surface area contributed by atoms with Gasteiger partial charge in [0.1, 0.15) is 11.7 Å². The highest BCUT2D eigenvalue weighted by Crippen LogP contribution is 2.25. The van der Waals surface area contributed by atoms with Gasteiger partial charge in [0.05, 0.1) is 6.61 Å². The summed E-state index contributed by atoms with van der Waals surface area (Å²) in [7, 11) is 1.94. The first-order valence-electron chi connectivity index (χ1n) is 7.22. The summed E-state index contributed by atoms with van der Waals surface area (Å²) in [5.41, 5.74) is 0.398. The lowest BCUT2D eigenvalue weighted by molar-refractivity contribution is 0.0509. The summed E-state index contributed by atoms with van der Waals surface area (Å²) < 4.78 is 11.0. The fourth-order valence-electron chi connectivity index (χ4n) is 2.56. The van der Waals surface area contributed by atoms with E-state index in [1.807, 2.05) is 7.05 Å². The van der Waals surface area contributed by atoms with Crippen molar-refractivity contribution in [3.63, 3.8) is 0 Å². The van der Waals surface area contributed by atoms with E-state index in [9.17, 15) is 4.79 Å². The summed E-state index contributed by atoms with van der Waals surface area (Å²) in [5, 5.41) is 3.28. The molecule has 5 nitrogen and oxygen atoms in total. The quantitative estimate of drug-likeness (QED) is 0.836. The van der Waals surface area contributed by atoms with Crippen LogP contribution in [0.25, 0.3) is 0 Å². The Morgan fingerprint density at radius 1 is 1.45 bits per heavy atom. The zero-order chi connectivity index (χ0) is 14.4. The van der Waals surface area contributed by atoms with Crippen LogP contribution < -0.4 is 10.1 Å². The second-order valence-corrected chi connectivity index (χ2v) is 4.91. The van der Waals surface area contributed by atoms with Crippen LogP contribution in [-0.4, -0.2) is 36.8 Å². The van der Waals surface area contributed by atoms with E-state index in [1.54, 1.807) is 25.3 Å². The number of nitrogens with zero attached hydrogens (tertiary/aromatic N) is 1. The Morgan fingerprint density at radius 3 is 3.00 bits per heavy atom. The second kappa shape index (κ2) is 7.24. The number of nitrogens with one attached hydrogen (secondary N) is 1. The van der Waals surface area contributed by atoms with Crippen LogP contribution in [0.5, 0.6) is 5.88 Å². The Bertz CT molecular complexity index is 450. The third-order valence-corrected chi connectivity index (χ3v) is 3.60. The molecule has 0 aliphatic heterocycles. The minimum Gasteiger partial charge on any atom is -0.472 e. The zero-order valence-electron chi connectivity index (χ0n) is 12.1. The molecule has 1 heterocycles. The summed E-state index contributed by atoms with van der Waals surface area (Å²) >= 11 is 0. The van der Waals surface area contributed by atoms with Crippen molar-refractivity contribution in [3.8, 4) is 5.88 Å². The Labute approximate surface area is 119 Å². The zero-order valence-corrected chi connectivity index (χ0v) is 12.1. The number of likely N-dealkylation sites (N-methyl/N-ethyl adjacent to an activating group) is 1. The molecule has 2 unspecified atom stereocenters.